The third-order valence-corrected chi connectivity index (χ3v) is 3.89. The monoisotopic (exact) mass is 306 g/mol. The van der Waals surface area contributed by atoms with Crippen molar-refractivity contribution < 1.29 is 13.5 Å². The van der Waals surface area contributed by atoms with Crippen LogP contribution in [-0.2, 0) is 16.6 Å². The van der Waals surface area contributed by atoms with Crippen LogP contribution in [0.15, 0.2) is 35.7 Å². The van der Waals surface area contributed by atoms with Gasteiger partial charge >= 0.3 is 0 Å². The molecule has 0 atom stereocenters. The predicted molar refractivity (Wildman–Crippen MR) is 76.9 cm³/mol. The molecular formula is C13H14N4O3S. The summed E-state index contributed by atoms with van der Waals surface area (Å²) in [5.41, 5.74) is 0.792. The van der Waals surface area contributed by atoms with Crippen LogP contribution in [0.5, 0.6) is 0 Å². The van der Waals surface area contributed by atoms with Gasteiger partial charge < -0.3 is 5.11 Å². The number of hydrogen-bond donors (Lipinski definition) is 2. The Morgan fingerprint density at radius 2 is 2.19 bits per heavy atom. The smallest absolute Gasteiger partial charge is 0.263 e. The summed E-state index contributed by atoms with van der Waals surface area (Å²) >= 11 is 0. The summed E-state index contributed by atoms with van der Waals surface area (Å²) < 4.78 is 28.5. The van der Waals surface area contributed by atoms with Crippen LogP contribution >= 0.6 is 0 Å². The van der Waals surface area contributed by atoms with Gasteiger partial charge in [0, 0.05) is 30.7 Å². The fraction of sp³-hybridized carbons (Fsp3) is 0.231. The molecule has 21 heavy (non-hydrogen) atoms. The molecule has 0 unspecified atom stereocenters. The highest BCUT2D eigenvalue weighted by Gasteiger charge is 2.16. The molecule has 0 bridgehead atoms. The first-order valence-corrected chi connectivity index (χ1v) is 7.63. The van der Waals surface area contributed by atoms with E-state index in [1.54, 1.807) is 10.9 Å². The van der Waals surface area contributed by atoms with Crippen molar-refractivity contribution in [3.05, 3.63) is 36.4 Å². The zero-order valence-corrected chi connectivity index (χ0v) is 12.1. The molecule has 7 nitrogen and oxygen atoms in total. The molecular weight excluding hydrogens is 292 g/mol. The highest BCUT2D eigenvalue weighted by Crippen LogP contribution is 2.15. The van der Waals surface area contributed by atoms with Crippen LogP contribution in [0.25, 0.3) is 0 Å². The van der Waals surface area contributed by atoms with E-state index in [1.807, 2.05) is 6.92 Å². The number of rotatable bonds is 4. The molecule has 0 saturated heterocycles. The van der Waals surface area contributed by atoms with Gasteiger partial charge in [-0.3, -0.25) is 14.4 Å². The lowest BCUT2D eigenvalue weighted by molar-refractivity contribution is 0.350. The van der Waals surface area contributed by atoms with Gasteiger partial charge in [-0.25, -0.2) is 8.42 Å². The molecule has 0 saturated carbocycles. The molecule has 2 aromatic heterocycles. The second kappa shape index (κ2) is 6.39. The van der Waals surface area contributed by atoms with E-state index in [0.717, 1.165) is 0 Å². The van der Waals surface area contributed by atoms with Crippen LogP contribution in [0.3, 0.4) is 0 Å². The van der Waals surface area contributed by atoms with E-state index in [-0.39, 0.29) is 11.5 Å². The van der Waals surface area contributed by atoms with E-state index >= 15 is 0 Å². The van der Waals surface area contributed by atoms with Crippen LogP contribution in [0, 0.1) is 11.8 Å². The largest absolute Gasteiger partial charge is 0.384 e. The van der Waals surface area contributed by atoms with Crippen molar-refractivity contribution in [1.29, 1.82) is 0 Å². The number of nitrogens with one attached hydrogen (secondary N) is 1. The van der Waals surface area contributed by atoms with Gasteiger partial charge in [-0.2, -0.15) is 5.10 Å². The quantitative estimate of drug-likeness (QED) is 0.799. The third-order valence-electron chi connectivity index (χ3n) is 2.54. The predicted octanol–water partition coefficient (Wildman–Crippen LogP) is 0.443. The second-order valence-electron chi connectivity index (χ2n) is 4.06. The molecule has 2 N–H and O–H groups in total. The number of sulfonamides is 1. The Balaban J connectivity index is 2.26. The molecule has 8 heteroatoms. The van der Waals surface area contributed by atoms with E-state index in [0.29, 0.717) is 17.8 Å². The minimum Gasteiger partial charge on any atom is -0.384 e. The Kier molecular flexibility index (Phi) is 4.57. The van der Waals surface area contributed by atoms with Crippen molar-refractivity contribution >= 4 is 15.7 Å². The van der Waals surface area contributed by atoms with Gasteiger partial charge in [0.25, 0.3) is 10.0 Å². The summed E-state index contributed by atoms with van der Waals surface area (Å²) in [7, 11) is -3.75. The molecule has 0 spiro atoms. The lowest BCUT2D eigenvalue weighted by atomic mass is 10.3. The number of aromatic nitrogens is 3. The number of anilines is 1. The summed E-state index contributed by atoms with van der Waals surface area (Å²) in [4.78, 5) is 3.84. The average molecular weight is 306 g/mol. The third kappa shape index (κ3) is 3.81. The molecule has 2 rings (SSSR count). The number of aryl methyl sites for hydroxylation is 1. The van der Waals surface area contributed by atoms with Crippen LogP contribution in [0.2, 0.25) is 0 Å². The number of nitrogens with zero attached hydrogens (tertiary/aromatic N) is 3. The summed E-state index contributed by atoms with van der Waals surface area (Å²) in [6, 6.07) is 1.39. The summed E-state index contributed by atoms with van der Waals surface area (Å²) in [5.74, 6) is 5.05. The standard InChI is InChI=1S/C13H14N4O3S/c1-2-17-10-12(8-15-17)16-21(19,20)13-6-11(4-3-5-18)7-14-9-13/h6-10,16,18H,2,5H2,1H3. The van der Waals surface area contributed by atoms with Crippen molar-refractivity contribution in [3.63, 3.8) is 0 Å². The van der Waals surface area contributed by atoms with Gasteiger partial charge in [0.2, 0.25) is 0 Å². The van der Waals surface area contributed by atoms with Crippen LogP contribution in [0.1, 0.15) is 12.5 Å². The van der Waals surface area contributed by atoms with Crippen molar-refractivity contribution in [1.82, 2.24) is 14.8 Å². The fourth-order valence-corrected chi connectivity index (χ4v) is 2.59. The maximum Gasteiger partial charge on any atom is 0.263 e. The summed E-state index contributed by atoms with van der Waals surface area (Å²) in [5, 5.41) is 12.6. The SMILES string of the molecule is CCn1cc(NS(=O)(=O)c2cncc(C#CCO)c2)cn1. The fourth-order valence-electron chi connectivity index (χ4n) is 1.58. The van der Waals surface area contributed by atoms with E-state index in [4.69, 9.17) is 5.11 Å². The topological polar surface area (TPSA) is 97.1 Å². The van der Waals surface area contributed by atoms with Gasteiger partial charge in [-0.15, -0.1) is 0 Å². The van der Waals surface area contributed by atoms with Crippen molar-refractivity contribution in [3.8, 4) is 11.8 Å². The Morgan fingerprint density at radius 1 is 1.38 bits per heavy atom. The van der Waals surface area contributed by atoms with Crippen LogP contribution in [0.4, 0.5) is 5.69 Å². The highest BCUT2D eigenvalue weighted by atomic mass is 32.2. The van der Waals surface area contributed by atoms with Crippen LogP contribution in [-0.4, -0.2) is 34.9 Å². The Morgan fingerprint density at radius 3 is 2.86 bits per heavy atom. The zero-order valence-electron chi connectivity index (χ0n) is 11.3. The molecule has 0 aromatic carbocycles. The average Bonchev–Trinajstić information content (AvgIpc) is 2.92. The first-order chi connectivity index (χ1) is 10.0. The lowest BCUT2D eigenvalue weighted by Gasteiger charge is -2.05. The van der Waals surface area contributed by atoms with Gasteiger partial charge in [0.05, 0.1) is 11.9 Å². The second-order valence-corrected chi connectivity index (χ2v) is 5.74. The van der Waals surface area contributed by atoms with Gasteiger partial charge in [0.1, 0.15) is 11.5 Å². The number of aliphatic hydroxyl groups is 1. The van der Waals surface area contributed by atoms with Crippen molar-refractivity contribution in [2.24, 2.45) is 0 Å². The first-order valence-electron chi connectivity index (χ1n) is 6.15. The van der Waals surface area contributed by atoms with E-state index in [2.05, 4.69) is 26.6 Å². The molecule has 2 heterocycles. The minimum atomic E-state index is -3.75. The van der Waals surface area contributed by atoms with E-state index in [1.165, 1.54) is 24.7 Å². The molecule has 2 aromatic rings. The molecule has 0 amide bonds. The first kappa shape index (κ1) is 15.0. The molecule has 110 valence electrons. The number of aliphatic hydroxyl groups excluding tert-OH is 1. The summed E-state index contributed by atoms with van der Waals surface area (Å²) in [6.07, 6.45) is 5.69. The maximum absolute atomic E-state index is 12.2. The zero-order chi connectivity index (χ0) is 15.3. The minimum absolute atomic E-state index is 0.00325. The highest BCUT2D eigenvalue weighted by molar-refractivity contribution is 7.92. The molecule has 0 radical (unpaired) electrons. The summed E-state index contributed by atoms with van der Waals surface area (Å²) in [6.45, 7) is 2.25. The Hall–Kier alpha value is -2.37. The molecule has 0 aliphatic carbocycles. The van der Waals surface area contributed by atoms with E-state index in [9.17, 15) is 8.42 Å². The Labute approximate surface area is 122 Å². The van der Waals surface area contributed by atoms with Gasteiger partial charge in [0.15, 0.2) is 0 Å². The van der Waals surface area contributed by atoms with Crippen molar-refractivity contribution in [2.75, 3.05) is 11.3 Å². The van der Waals surface area contributed by atoms with Crippen molar-refractivity contribution in [2.45, 2.75) is 18.4 Å². The van der Waals surface area contributed by atoms with Gasteiger partial charge in [-0.05, 0) is 13.0 Å². The van der Waals surface area contributed by atoms with Crippen LogP contribution < -0.4 is 4.72 Å². The number of pyridine rings is 1. The molecule has 0 fully saturated rings. The lowest BCUT2D eigenvalue weighted by Crippen LogP contribution is -2.13. The number of hydrogen-bond acceptors (Lipinski definition) is 5. The van der Waals surface area contributed by atoms with Gasteiger partial charge in [-0.1, -0.05) is 11.8 Å². The molecule has 0 aliphatic heterocycles. The maximum atomic E-state index is 12.2. The normalized spacial score (nSPS) is 10.8. The molecule has 0 aliphatic rings. The Bertz CT molecular complexity index is 787. The van der Waals surface area contributed by atoms with E-state index < -0.39 is 10.0 Å².